The van der Waals surface area contributed by atoms with Gasteiger partial charge in [0, 0.05) is 37.0 Å². The van der Waals surface area contributed by atoms with Crippen LogP contribution in [0.4, 0.5) is 11.4 Å². The van der Waals surface area contributed by atoms with E-state index in [1.807, 2.05) is 42.5 Å². The number of benzene rings is 4. The van der Waals surface area contributed by atoms with Crippen LogP contribution in [0.15, 0.2) is 90.1 Å². The summed E-state index contributed by atoms with van der Waals surface area (Å²) in [6, 6.07) is 23.9. The maximum absolute atomic E-state index is 14.0. The highest BCUT2D eigenvalue weighted by Crippen LogP contribution is 2.44. The van der Waals surface area contributed by atoms with Crippen LogP contribution in [0.2, 0.25) is 0 Å². The van der Waals surface area contributed by atoms with Gasteiger partial charge in [0.05, 0.1) is 48.6 Å². The van der Waals surface area contributed by atoms with E-state index in [0.717, 1.165) is 21.6 Å². The Morgan fingerprint density at radius 3 is 2.31 bits per heavy atom. The number of carbonyl (C=O) groups is 3. The van der Waals surface area contributed by atoms with Crippen LogP contribution in [-0.2, 0) is 46.9 Å². The highest BCUT2D eigenvalue weighted by atomic mass is 32.2. The fourth-order valence-corrected chi connectivity index (χ4v) is 10.6. The summed E-state index contributed by atoms with van der Waals surface area (Å²) < 4.78 is 77.3. The van der Waals surface area contributed by atoms with Gasteiger partial charge in [-0.1, -0.05) is 35.5 Å². The number of thiol groups is 1. The molecule has 4 atom stereocenters. The Balaban J connectivity index is 0.799. The van der Waals surface area contributed by atoms with Crippen molar-refractivity contribution < 1.29 is 65.3 Å². The third-order valence-electron chi connectivity index (χ3n) is 11.3. The van der Waals surface area contributed by atoms with Gasteiger partial charge in [-0.3, -0.25) is 28.4 Å². The van der Waals surface area contributed by atoms with Crippen molar-refractivity contribution in [1.29, 1.82) is 0 Å². The van der Waals surface area contributed by atoms with Crippen molar-refractivity contribution in [1.82, 2.24) is 4.90 Å². The standard InChI is InChI=1S/C46H53N4O14PS2/c1-30(48-64-17-7-23-65(54,55)22-6-16-49-43(51)28-42(66)46(49)53)32-12-14-34(15-13-32)61-20-18-60-19-21-62-35-10-5-8-31(24-35)29-63-41-27-37-36(26-40(41)59-2)45(52)50-38-11-4-3-9-33(38)25-39(50)44(47-37)67(56,57)58/h3-5,8-15,24,26-27,39,42,44,47,66H,6-7,16-23,25,28-29H2,1-2H3,(H,54,55)(H,56,57,58)/b48-30+/t39-,42?,44?/m0/s1. The predicted octanol–water partition coefficient (Wildman–Crippen LogP) is 5.81. The van der Waals surface area contributed by atoms with E-state index < -0.39 is 40.1 Å². The normalized spacial score (nSPS) is 18.9. The molecule has 0 aromatic heterocycles. The number of rotatable bonds is 23. The molecule has 4 aromatic carbocycles. The molecule has 7 rings (SSSR count). The van der Waals surface area contributed by atoms with Gasteiger partial charge in [-0.15, -0.1) is 0 Å². The van der Waals surface area contributed by atoms with Gasteiger partial charge in [0.15, 0.2) is 16.9 Å². The highest BCUT2D eigenvalue weighted by molar-refractivity contribution is 7.86. The summed E-state index contributed by atoms with van der Waals surface area (Å²) in [4.78, 5) is 56.0. The van der Waals surface area contributed by atoms with Crippen molar-refractivity contribution in [2.24, 2.45) is 5.16 Å². The molecule has 3 amide bonds. The Hall–Kier alpha value is -5.63. The third-order valence-corrected chi connectivity index (χ3v) is 14.9. The summed E-state index contributed by atoms with van der Waals surface area (Å²) in [6.07, 6.45) is 0.897. The number of methoxy groups -OCH3 is 1. The largest absolute Gasteiger partial charge is 0.493 e. The Bertz CT molecular complexity index is 2630. The molecule has 358 valence electrons. The average Bonchev–Trinajstić information content (AvgIpc) is 3.76. The molecule has 18 nitrogen and oxygen atoms in total. The Morgan fingerprint density at radius 2 is 1.60 bits per heavy atom. The number of hydrogen-bond donors (Lipinski definition) is 4. The maximum atomic E-state index is 14.0. The van der Waals surface area contributed by atoms with Gasteiger partial charge in [0.2, 0.25) is 19.2 Å². The molecule has 0 aliphatic carbocycles. The molecule has 3 aliphatic rings. The lowest BCUT2D eigenvalue weighted by Crippen LogP contribution is -2.49. The van der Waals surface area contributed by atoms with E-state index in [-0.39, 0.29) is 92.5 Å². The van der Waals surface area contributed by atoms with E-state index in [0.29, 0.717) is 49.1 Å². The van der Waals surface area contributed by atoms with Crippen molar-refractivity contribution >= 4 is 64.9 Å². The fraction of sp³-hybridized carbons (Fsp3) is 0.391. The molecule has 3 N–H and O–H groups in total. The number of amides is 3. The molecule has 0 bridgehead atoms. The molecule has 0 saturated carbocycles. The molecular formula is C46H53N4O14PS2. The van der Waals surface area contributed by atoms with Crippen LogP contribution in [0.3, 0.4) is 0 Å². The third kappa shape index (κ3) is 12.5. The zero-order valence-corrected chi connectivity index (χ0v) is 39.6. The lowest BCUT2D eigenvalue weighted by Gasteiger charge is -2.27. The summed E-state index contributed by atoms with van der Waals surface area (Å²) in [7, 11) is -6.66. The molecule has 1 saturated heterocycles. The van der Waals surface area contributed by atoms with E-state index in [1.165, 1.54) is 24.1 Å². The first-order chi connectivity index (χ1) is 32.1. The van der Waals surface area contributed by atoms with Crippen LogP contribution in [0.1, 0.15) is 53.2 Å². The number of ether oxygens (including phenoxy) is 5. The molecule has 3 unspecified atom stereocenters. The molecule has 0 spiro atoms. The van der Waals surface area contributed by atoms with E-state index in [1.54, 1.807) is 37.3 Å². The molecule has 21 heteroatoms. The van der Waals surface area contributed by atoms with Crippen molar-refractivity contribution in [2.75, 3.05) is 69.2 Å². The van der Waals surface area contributed by atoms with Crippen molar-refractivity contribution in [3.8, 4) is 23.0 Å². The van der Waals surface area contributed by atoms with Gasteiger partial charge >= 0.3 is 0 Å². The Morgan fingerprint density at radius 1 is 0.866 bits per heavy atom. The number of imide groups is 1. The van der Waals surface area contributed by atoms with Crippen molar-refractivity contribution in [2.45, 2.75) is 55.9 Å². The zero-order chi connectivity index (χ0) is 47.7. The minimum absolute atomic E-state index is 0.000579. The lowest BCUT2D eigenvalue weighted by atomic mass is 10.1. The molecule has 0 radical (unpaired) electrons. The van der Waals surface area contributed by atoms with Gasteiger partial charge in [-0.2, -0.15) is 21.0 Å². The number of nitrogens with one attached hydrogen (secondary N) is 1. The number of hydrogen-bond acceptors (Lipinski definition) is 15. The summed E-state index contributed by atoms with van der Waals surface area (Å²) in [6.45, 7) is 3.35. The first-order valence-corrected chi connectivity index (χ1v) is 25.7. The number of carbonyl (C=O) groups excluding carboxylic acids is 3. The first kappa shape index (κ1) is 49.3. The van der Waals surface area contributed by atoms with E-state index >= 15 is 0 Å². The number of oxime groups is 1. The molecule has 1 fully saturated rings. The number of nitrogens with zero attached hydrogens (tertiary/aromatic N) is 3. The van der Waals surface area contributed by atoms with Crippen LogP contribution < -0.4 is 29.2 Å². The van der Waals surface area contributed by atoms with Gasteiger partial charge < -0.3 is 43.6 Å². The predicted molar refractivity (Wildman–Crippen MR) is 253 cm³/mol. The topological polar surface area (TPSA) is 229 Å². The molecule has 67 heavy (non-hydrogen) atoms. The van der Waals surface area contributed by atoms with Gasteiger partial charge in [0.1, 0.15) is 37.9 Å². The minimum Gasteiger partial charge on any atom is -0.493 e. The Labute approximate surface area is 394 Å². The second-order valence-electron chi connectivity index (χ2n) is 16.1. The van der Waals surface area contributed by atoms with Gasteiger partial charge in [0.25, 0.3) is 16.0 Å². The van der Waals surface area contributed by atoms with Crippen LogP contribution in [0.5, 0.6) is 23.0 Å². The minimum atomic E-state index is -4.65. The second-order valence-corrected chi connectivity index (χ2v) is 20.8. The zero-order valence-electron chi connectivity index (χ0n) is 36.9. The molecular weight excluding hydrogens is 928 g/mol. The van der Waals surface area contributed by atoms with Gasteiger partial charge in [-0.05, 0) is 91.4 Å². The molecule has 3 aliphatic heterocycles. The number of anilines is 2. The van der Waals surface area contributed by atoms with Crippen molar-refractivity contribution in [3.63, 3.8) is 0 Å². The van der Waals surface area contributed by atoms with Crippen LogP contribution >= 0.6 is 20.0 Å². The maximum Gasteiger partial charge on any atom is 0.288 e. The smallest absolute Gasteiger partial charge is 0.288 e. The van der Waals surface area contributed by atoms with Crippen LogP contribution in [-0.4, -0.2) is 122 Å². The van der Waals surface area contributed by atoms with Crippen LogP contribution in [0, 0.1) is 0 Å². The van der Waals surface area contributed by atoms with E-state index in [2.05, 4.69) is 23.1 Å². The van der Waals surface area contributed by atoms with E-state index in [4.69, 9.17) is 28.5 Å². The van der Waals surface area contributed by atoms with Gasteiger partial charge in [-0.25, -0.2) is 0 Å². The first-order valence-electron chi connectivity index (χ1n) is 21.6. The highest BCUT2D eigenvalue weighted by Gasteiger charge is 2.47. The SMILES string of the molecule is COc1cc2c(cc1OCc1cccc(OCCOCCOc3ccc(/C(C)=N/OCCCP(=O)(O)CCCN4C(=O)CC(S)C4=O)cc3)c1)NC(S(=O)(=O)O)[C@@H]1Cc3ccccc3N1C2=O. The second kappa shape index (κ2) is 22.0. The lowest BCUT2D eigenvalue weighted by molar-refractivity contribution is -0.138. The Kier molecular flexibility index (Phi) is 16.2. The quantitative estimate of drug-likeness (QED) is 0.0131. The summed E-state index contributed by atoms with van der Waals surface area (Å²) in [5.41, 5.74) is 3.93. The number of likely N-dealkylation sites (tertiary alicyclic amines) is 1. The monoisotopic (exact) mass is 980 g/mol. The van der Waals surface area contributed by atoms with Crippen molar-refractivity contribution in [3.05, 3.63) is 107 Å². The average molecular weight is 981 g/mol. The molecule has 3 heterocycles. The number of para-hydroxylation sites is 1. The molecule has 4 aromatic rings. The number of fused-ring (bicyclic) bond motifs is 4. The summed E-state index contributed by atoms with van der Waals surface area (Å²) in [5.74, 6) is 0.646. The summed E-state index contributed by atoms with van der Waals surface area (Å²) >= 11 is 4.09. The summed E-state index contributed by atoms with van der Waals surface area (Å²) in [5, 5.41) is 4.89. The fourth-order valence-electron chi connectivity index (χ4n) is 7.97. The van der Waals surface area contributed by atoms with Crippen LogP contribution in [0.25, 0.3) is 0 Å². The van der Waals surface area contributed by atoms with E-state index in [9.17, 15) is 36.8 Å².